The van der Waals surface area contributed by atoms with Gasteiger partial charge in [-0.15, -0.1) is 12.4 Å². The molecule has 0 spiro atoms. The van der Waals surface area contributed by atoms with Crippen molar-refractivity contribution in [2.45, 2.75) is 13.0 Å². The molecule has 0 saturated heterocycles. The molecule has 6 heteroatoms. The highest BCUT2D eigenvalue weighted by Crippen LogP contribution is 2.19. The molecule has 2 aromatic rings. The number of aryl methyl sites for hydroxylation is 1. The Morgan fingerprint density at radius 1 is 1.38 bits per heavy atom. The summed E-state index contributed by atoms with van der Waals surface area (Å²) in [5.74, 6) is 0.335. The fourth-order valence-electron chi connectivity index (χ4n) is 1.31. The van der Waals surface area contributed by atoms with Crippen LogP contribution in [0.1, 0.15) is 23.3 Å². The second kappa shape index (κ2) is 5.05. The van der Waals surface area contributed by atoms with Crippen molar-refractivity contribution in [1.82, 2.24) is 10.1 Å². The van der Waals surface area contributed by atoms with E-state index < -0.39 is 6.04 Å². The minimum atomic E-state index is -0.691. The molecule has 1 unspecified atom stereocenters. The van der Waals surface area contributed by atoms with E-state index in [0.29, 0.717) is 11.5 Å². The van der Waals surface area contributed by atoms with Crippen LogP contribution in [0.5, 0.6) is 0 Å². The third kappa shape index (κ3) is 2.37. The van der Waals surface area contributed by atoms with Crippen LogP contribution >= 0.6 is 12.4 Å². The Morgan fingerprint density at radius 3 is 2.62 bits per heavy atom. The van der Waals surface area contributed by atoms with Gasteiger partial charge in [-0.05, 0) is 6.07 Å². The molecule has 1 aromatic carbocycles. The smallest absolute Gasteiger partial charge is 0.223 e. The van der Waals surface area contributed by atoms with E-state index in [2.05, 4.69) is 10.1 Å². The standard InChI is InChI=1S/C10H10FN3O.ClH/c1-6-13-10(14-15-6)9(12)7-4-2-3-5-8(7)11;/h2-5,9H,12H2,1H3;1H. The van der Waals surface area contributed by atoms with Crippen LogP contribution in [0.2, 0.25) is 0 Å². The Kier molecular flexibility index (Phi) is 3.98. The lowest BCUT2D eigenvalue weighted by Gasteiger charge is -2.07. The summed E-state index contributed by atoms with van der Waals surface area (Å²) in [7, 11) is 0. The summed E-state index contributed by atoms with van der Waals surface area (Å²) in [5.41, 5.74) is 6.17. The Bertz CT molecular complexity index is 475. The minimum Gasteiger partial charge on any atom is -0.340 e. The molecule has 2 N–H and O–H groups in total. The highest BCUT2D eigenvalue weighted by Gasteiger charge is 2.17. The lowest BCUT2D eigenvalue weighted by atomic mass is 10.1. The van der Waals surface area contributed by atoms with Crippen LogP contribution in [0.25, 0.3) is 0 Å². The van der Waals surface area contributed by atoms with Gasteiger partial charge in [0.1, 0.15) is 5.82 Å². The Balaban J connectivity index is 0.00000128. The van der Waals surface area contributed by atoms with Crippen molar-refractivity contribution in [3.8, 4) is 0 Å². The molecule has 0 bridgehead atoms. The first kappa shape index (κ1) is 12.6. The first-order chi connectivity index (χ1) is 7.18. The van der Waals surface area contributed by atoms with Gasteiger partial charge in [-0.25, -0.2) is 4.39 Å². The Morgan fingerprint density at radius 2 is 2.06 bits per heavy atom. The number of rotatable bonds is 2. The van der Waals surface area contributed by atoms with Crippen LogP contribution < -0.4 is 5.73 Å². The maximum atomic E-state index is 13.4. The highest BCUT2D eigenvalue weighted by atomic mass is 35.5. The fourth-order valence-corrected chi connectivity index (χ4v) is 1.31. The monoisotopic (exact) mass is 243 g/mol. The second-order valence-electron chi connectivity index (χ2n) is 3.17. The van der Waals surface area contributed by atoms with Crippen molar-refractivity contribution < 1.29 is 8.91 Å². The molecule has 0 radical (unpaired) electrons. The summed E-state index contributed by atoms with van der Waals surface area (Å²) >= 11 is 0. The van der Waals surface area contributed by atoms with Gasteiger partial charge in [-0.2, -0.15) is 4.98 Å². The molecule has 1 aromatic heterocycles. The van der Waals surface area contributed by atoms with Gasteiger partial charge < -0.3 is 10.3 Å². The SMILES string of the molecule is Cc1nc(C(N)c2ccccc2F)no1.Cl. The molecule has 0 aliphatic heterocycles. The van der Waals surface area contributed by atoms with Crippen molar-refractivity contribution >= 4 is 12.4 Å². The summed E-state index contributed by atoms with van der Waals surface area (Å²) in [6.45, 7) is 1.66. The van der Waals surface area contributed by atoms with Crippen molar-refractivity contribution in [2.24, 2.45) is 5.73 Å². The van der Waals surface area contributed by atoms with E-state index in [-0.39, 0.29) is 24.0 Å². The Labute approximate surface area is 98.1 Å². The molecule has 1 atom stereocenters. The molecular weight excluding hydrogens is 233 g/mol. The fraction of sp³-hybridized carbons (Fsp3) is 0.200. The minimum absolute atomic E-state index is 0. The molecule has 4 nitrogen and oxygen atoms in total. The van der Waals surface area contributed by atoms with Gasteiger partial charge in [-0.1, -0.05) is 23.4 Å². The van der Waals surface area contributed by atoms with E-state index in [1.54, 1.807) is 25.1 Å². The first-order valence-corrected chi connectivity index (χ1v) is 4.48. The quantitative estimate of drug-likeness (QED) is 0.876. The van der Waals surface area contributed by atoms with Gasteiger partial charge >= 0.3 is 0 Å². The first-order valence-electron chi connectivity index (χ1n) is 4.48. The zero-order chi connectivity index (χ0) is 10.8. The van der Waals surface area contributed by atoms with Crippen molar-refractivity contribution in [3.05, 3.63) is 47.4 Å². The van der Waals surface area contributed by atoms with Gasteiger partial charge in [0.25, 0.3) is 0 Å². The molecule has 1 heterocycles. The number of nitrogens with two attached hydrogens (primary N) is 1. The molecule has 0 saturated carbocycles. The van der Waals surface area contributed by atoms with Gasteiger partial charge in [0, 0.05) is 12.5 Å². The van der Waals surface area contributed by atoms with Gasteiger partial charge in [0.15, 0.2) is 5.82 Å². The predicted octanol–water partition coefficient (Wildman–Crippen LogP) is 1.99. The van der Waals surface area contributed by atoms with Crippen LogP contribution in [-0.2, 0) is 0 Å². The van der Waals surface area contributed by atoms with Crippen molar-refractivity contribution in [1.29, 1.82) is 0 Å². The molecule has 0 aliphatic rings. The maximum absolute atomic E-state index is 13.4. The molecule has 0 fully saturated rings. The van der Waals surface area contributed by atoms with E-state index in [0.717, 1.165) is 0 Å². The van der Waals surface area contributed by atoms with Crippen LogP contribution in [0, 0.1) is 12.7 Å². The summed E-state index contributed by atoms with van der Waals surface area (Å²) in [6.07, 6.45) is 0. The highest BCUT2D eigenvalue weighted by molar-refractivity contribution is 5.85. The molecule has 86 valence electrons. The maximum Gasteiger partial charge on any atom is 0.223 e. The lowest BCUT2D eigenvalue weighted by Crippen LogP contribution is -2.15. The van der Waals surface area contributed by atoms with E-state index in [1.165, 1.54) is 6.07 Å². The summed E-state index contributed by atoms with van der Waals surface area (Å²) in [4.78, 5) is 3.96. The van der Waals surface area contributed by atoms with E-state index in [4.69, 9.17) is 10.3 Å². The van der Waals surface area contributed by atoms with Crippen molar-refractivity contribution in [2.75, 3.05) is 0 Å². The summed E-state index contributed by atoms with van der Waals surface area (Å²) in [6, 6.07) is 5.58. The van der Waals surface area contributed by atoms with Crippen molar-refractivity contribution in [3.63, 3.8) is 0 Å². The second-order valence-corrected chi connectivity index (χ2v) is 3.17. The third-order valence-corrected chi connectivity index (χ3v) is 2.06. The van der Waals surface area contributed by atoms with E-state index >= 15 is 0 Å². The average molecular weight is 244 g/mol. The number of nitrogens with zero attached hydrogens (tertiary/aromatic N) is 2. The zero-order valence-corrected chi connectivity index (χ0v) is 9.37. The normalized spacial score (nSPS) is 11.9. The van der Waals surface area contributed by atoms with Crippen LogP contribution in [0.3, 0.4) is 0 Å². The Hall–Kier alpha value is -1.46. The number of hydrogen-bond acceptors (Lipinski definition) is 4. The number of hydrogen-bond donors (Lipinski definition) is 1. The predicted molar refractivity (Wildman–Crippen MR) is 58.7 cm³/mol. The third-order valence-electron chi connectivity index (χ3n) is 2.06. The molecular formula is C10H11ClFN3O. The summed E-state index contributed by atoms with van der Waals surface area (Å²) in [5, 5.41) is 3.66. The average Bonchev–Trinajstić information content (AvgIpc) is 2.65. The molecule has 2 rings (SSSR count). The van der Waals surface area contributed by atoms with Gasteiger partial charge in [0.2, 0.25) is 5.89 Å². The molecule has 0 aliphatic carbocycles. The molecule has 16 heavy (non-hydrogen) atoms. The summed E-state index contributed by atoms with van der Waals surface area (Å²) < 4.78 is 18.1. The molecule has 0 amide bonds. The lowest BCUT2D eigenvalue weighted by molar-refractivity contribution is 0.385. The van der Waals surface area contributed by atoms with E-state index in [1.807, 2.05) is 0 Å². The number of halogens is 2. The van der Waals surface area contributed by atoms with E-state index in [9.17, 15) is 4.39 Å². The number of benzene rings is 1. The van der Waals surface area contributed by atoms with Gasteiger partial charge in [0.05, 0.1) is 6.04 Å². The topological polar surface area (TPSA) is 64.9 Å². The van der Waals surface area contributed by atoms with Gasteiger partial charge in [-0.3, -0.25) is 0 Å². The largest absolute Gasteiger partial charge is 0.340 e. The van der Waals surface area contributed by atoms with Crippen LogP contribution in [0.15, 0.2) is 28.8 Å². The zero-order valence-electron chi connectivity index (χ0n) is 8.55. The van der Waals surface area contributed by atoms with Crippen LogP contribution in [-0.4, -0.2) is 10.1 Å². The number of aromatic nitrogens is 2. The van der Waals surface area contributed by atoms with Crippen LogP contribution in [0.4, 0.5) is 4.39 Å².